The van der Waals surface area contributed by atoms with Gasteiger partial charge in [0.05, 0.1) is 11.0 Å². The summed E-state index contributed by atoms with van der Waals surface area (Å²) in [5.74, 6) is 6.16. The van der Waals surface area contributed by atoms with Gasteiger partial charge >= 0.3 is 0 Å². The summed E-state index contributed by atoms with van der Waals surface area (Å²) >= 11 is 0. The summed E-state index contributed by atoms with van der Waals surface area (Å²) < 4.78 is 3.87. The van der Waals surface area contributed by atoms with E-state index in [1.807, 2.05) is 38.1 Å². The predicted molar refractivity (Wildman–Crippen MR) is 81.5 cm³/mol. The summed E-state index contributed by atoms with van der Waals surface area (Å²) in [4.78, 5) is 0. The average molecular weight is 251 g/mol. The van der Waals surface area contributed by atoms with Crippen molar-refractivity contribution in [3.8, 4) is 0 Å². The minimum absolute atomic E-state index is 1.00. The number of hydrogen-bond donors (Lipinski definition) is 1. The number of allylic oxidation sites excluding steroid dienone is 4. The highest BCUT2D eigenvalue weighted by Gasteiger charge is 2.10. The Kier molecular flexibility index (Phi) is 2.67. The zero-order valence-corrected chi connectivity index (χ0v) is 11.2. The summed E-state index contributed by atoms with van der Waals surface area (Å²) in [7, 11) is 0. The van der Waals surface area contributed by atoms with Crippen molar-refractivity contribution in [1.29, 1.82) is 0 Å². The van der Waals surface area contributed by atoms with E-state index in [0.29, 0.717) is 0 Å². The summed E-state index contributed by atoms with van der Waals surface area (Å²) in [5.41, 5.74) is 5.55. The van der Waals surface area contributed by atoms with E-state index in [1.165, 1.54) is 11.1 Å². The molecule has 0 aliphatic heterocycles. The molecule has 3 rings (SSSR count). The smallest absolute Gasteiger partial charge is 0.137 e. The molecule has 0 atom stereocenters. The molecular weight excluding hydrogens is 234 g/mol. The Bertz CT molecular complexity index is 800. The molecule has 0 fully saturated rings. The van der Waals surface area contributed by atoms with Crippen molar-refractivity contribution in [2.75, 3.05) is 5.84 Å². The van der Waals surface area contributed by atoms with E-state index in [0.717, 1.165) is 16.7 Å². The highest BCUT2D eigenvalue weighted by molar-refractivity contribution is 5.85. The number of hydrogen-bond acceptors (Lipinski definition) is 1. The van der Waals surface area contributed by atoms with Gasteiger partial charge < -0.3 is 5.84 Å². The molecule has 3 nitrogen and oxygen atoms in total. The number of rotatable bonds is 2. The van der Waals surface area contributed by atoms with Gasteiger partial charge in [-0.2, -0.15) is 0 Å². The van der Waals surface area contributed by atoms with E-state index < -0.39 is 0 Å². The van der Waals surface area contributed by atoms with Crippen LogP contribution in [0.15, 0.2) is 54.8 Å². The van der Waals surface area contributed by atoms with Crippen LogP contribution in [-0.4, -0.2) is 9.08 Å². The first-order chi connectivity index (χ1) is 9.26. The summed E-state index contributed by atoms with van der Waals surface area (Å²) in [5, 5.41) is 0. The zero-order chi connectivity index (χ0) is 13.4. The topological polar surface area (TPSA) is 35.4 Å². The lowest BCUT2D eigenvalue weighted by atomic mass is 10.1. The molecule has 0 radical (unpaired) electrons. The number of nitrogen functional groups attached to an aromatic ring is 1. The van der Waals surface area contributed by atoms with Crippen molar-refractivity contribution in [2.45, 2.75) is 13.8 Å². The van der Waals surface area contributed by atoms with E-state index >= 15 is 0 Å². The third kappa shape index (κ3) is 1.66. The van der Waals surface area contributed by atoms with Crippen LogP contribution in [0, 0.1) is 0 Å². The fourth-order valence-electron chi connectivity index (χ4n) is 2.52. The van der Waals surface area contributed by atoms with Crippen molar-refractivity contribution in [2.24, 2.45) is 0 Å². The second kappa shape index (κ2) is 4.35. The molecule has 0 saturated carbocycles. The molecule has 1 aromatic carbocycles. The Morgan fingerprint density at radius 3 is 2.58 bits per heavy atom. The number of aromatic nitrogens is 2. The molecule has 0 unspecified atom stereocenters. The third-order valence-electron chi connectivity index (χ3n) is 3.44. The predicted octanol–water partition coefficient (Wildman–Crippen LogP) is 3.59. The summed E-state index contributed by atoms with van der Waals surface area (Å²) in [6, 6.07) is 10.3. The van der Waals surface area contributed by atoms with Crippen LogP contribution in [0.2, 0.25) is 0 Å². The number of imidazole rings is 1. The molecule has 19 heavy (non-hydrogen) atoms. The monoisotopic (exact) mass is 251 g/mol. The Morgan fingerprint density at radius 1 is 1.16 bits per heavy atom. The van der Waals surface area contributed by atoms with Gasteiger partial charge in [-0.15, -0.1) is 0 Å². The van der Waals surface area contributed by atoms with Crippen molar-refractivity contribution in [3.05, 3.63) is 60.3 Å². The quantitative estimate of drug-likeness (QED) is 0.548. The van der Waals surface area contributed by atoms with Gasteiger partial charge in [-0.05, 0) is 37.6 Å². The lowest BCUT2D eigenvalue weighted by Crippen LogP contribution is -2.06. The van der Waals surface area contributed by atoms with Crippen LogP contribution in [0.25, 0.3) is 22.3 Å². The fraction of sp³-hybridized carbons (Fsp3) is 0.125. The molecule has 2 aromatic heterocycles. The van der Waals surface area contributed by atoms with Gasteiger partial charge in [0, 0.05) is 11.8 Å². The maximum Gasteiger partial charge on any atom is 0.137 e. The Balaban J connectivity index is 2.30. The molecule has 0 spiro atoms. The first-order valence-electron chi connectivity index (χ1n) is 6.42. The second-order valence-electron chi connectivity index (χ2n) is 4.56. The molecule has 96 valence electrons. The maximum atomic E-state index is 6.16. The van der Waals surface area contributed by atoms with Gasteiger partial charge in [0.25, 0.3) is 0 Å². The molecule has 0 aliphatic rings. The minimum Gasteiger partial charge on any atom is -0.337 e. The molecule has 2 N–H and O–H groups in total. The van der Waals surface area contributed by atoms with E-state index in [9.17, 15) is 0 Å². The lowest BCUT2D eigenvalue weighted by molar-refractivity contribution is 1.09. The molecular formula is C16H17N3. The zero-order valence-electron chi connectivity index (χ0n) is 11.2. The van der Waals surface area contributed by atoms with Crippen LogP contribution >= 0.6 is 0 Å². The van der Waals surface area contributed by atoms with Crippen LogP contribution in [0.3, 0.4) is 0 Å². The van der Waals surface area contributed by atoms with E-state index in [4.69, 9.17) is 5.84 Å². The average Bonchev–Trinajstić information content (AvgIpc) is 2.97. The minimum atomic E-state index is 1.00. The van der Waals surface area contributed by atoms with E-state index in [2.05, 4.69) is 34.9 Å². The lowest BCUT2D eigenvalue weighted by Gasteiger charge is -1.98. The number of benzene rings is 1. The molecule has 0 amide bonds. The summed E-state index contributed by atoms with van der Waals surface area (Å²) in [6.45, 7) is 4.07. The SMILES string of the molecule is C/C=C\C(=C/C)c1cc2n(N)c3ccccc3n2c1. The Hall–Kier alpha value is -2.42. The normalized spacial score (nSPS) is 13.1. The third-order valence-corrected chi connectivity index (χ3v) is 3.44. The molecule has 0 aliphatic carbocycles. The van der Waals surface area contributed by atoms with E-state index in [1.54, 1.807) is 4.68 Å². The van der Waals surface area contributed by atoms with Gasteiger partial charge in [-0.3, -0.25) is 4.40 Å². The van der Waals surface area contributed by atoms with Crippen molar-refractivity contribution >= 4 is 22.3 Å². The number of nitrogens with two attached hydrogens (primary N) is 1. The van der Waals surface area contributed by atoms with Gasteiger partial charge in [0.15, 0.2) is 0 Å². The van der Waals surface area contributed by atoms with Crippen molar-refractivity contribution in [1.82, 2.24) is 9.08 Å². The second-order valence-corrected chi connectivity index (χ2v) is 4.56. The Labute approximate surface area is 112 Å². The van der Waals surface area contributed by atoms with Gasteiger partial charge in [-0.25, -0.2) is 4.68 Å². The summed E-state index contributed by atoms with van der Waals surface area (Å²) in [6.07, 6.45) is 8.40. The van der Waals surface area contributed by atoms with Crippen LogP contribution in [0.5, 0.6) is 0 Å². The molecule has 0 bridgehead atoms. The first kappa shape index (κ1) is 11.7. The van der Waals surface area contributed by atoms with Crippen LogP contribution < -0.4 is 5.84 Å². The van der Waals surface area contributed by atoms with Gasteiger partial charge in [-0.1, -0.05) is 30.4 Å². The number of para-hydroxylation sites is 2. The molecule has 3 aromatic rings. The molecule has 0 saturated heterocycles. The first-order valence-corrected chi connectivity index (χ1v) is 6.42. The van der Waals surface area contributed by atoms with E-state index in [-0.39, 0.29) is 0 Å². The number of fused-ring (bicyclic) bond motifs is 3. The highest BCUT2D eigenvalue weighted by atomic mass is 15.3. The van der Waals surface area contributed by atoms with Gasteiger partial charge in [0.1, 0.15) is 5.65 Å². The maximum absolute atomic E-state index is 6.16. The van der Waals surface area contributed by atoms with Crippen LogP contribution in [0.1, 0.15) is 19.4 Å². The number of nitrogens with zero attached hydrogens (tertiary/aromatic N) is 2. The van der Waals surface area contributed by atoms with Crippen LogP contribution in [-0.2, 0) is 0 Å². The molecule has 3 heteroatoms. The molecule has 2 heterocycles. The largest absolute Gasteiger partial charge is 0.337 e. The highest BCUT2D eigenvalue weighted by Crippen LogP contribution is 2.25. The van der Waals surface area contributed by atoms with Gasteiger partial charge in [0.2, 0.25) is 0 Å². The van der Waals surface area contributed by atoms with Crippen molar-refractivity contribution < 1.29 is 0 Å². The Morgan fingerprint density at radius 2 is 1.89 bits per heavy atom. The van der Waals surface area contributed by atoms with Crippen molar-refractivity contribution in [3.63, 3.8) is 0 Å². The fourth-order valence-corrected chi connectivity index (χ4v) is 2.52. The standard InChI is InChI=1S/C16H17N3/c1-3-7-12(4-2)13-10-16-18(11-13)14-8-5-6-9-15(14)19(16)17/h3-11H,17H2,1-2H3/b7-3-,12-4+. The van der Waals surface area contributed by atoms with Crippen LogP contribution in [0.4, 0.5) is 0 Å².